The highest BCUT2D eigenvalue weighted by Crippen LogP contribution is 2.48. The molecule has 0 unspecified atom stereocenters. The minimum Gasteiger partial charge on any atom is -0.309 e. The first-order valence-electron chi connectivity index (χ1n) is 50.8. The predicted molar refractivity (Wildman–Crippen MR) is 621 cm³/mol. The molecule has 0 radical (unpaired) electrons. The first-order valence-corrected chi connectivity index (χ1v) is 50.8. The molecule has 0 N–H and O–H groups in total. The second kappa shape index (κ2) is 37.1. The van der Waals surface area contributed by atoms with Crippen LogP contribution in [0.2, 0.25) is 0 Å². The smallest absolute Gasteiger partial charge is 0.179 e. The van der Waals surface area contributed by atoms with Gasteiger partial charge < -0.3 is 13.7 Å². The van der Waals surface area contributed by atoms with Crippen molar-refractivity contribution in [2.75, 3.05) is 0 Å². The maximum atomic E-state index is 5.46. The lowest BCUT2D eigenvalue weighted by Gasteiger charge is -2.13. The van der Waals surface area contributed by atoms with Gasteiger partial charge in [0.05, 0.1) is 100 Å². The third-order valence-corrected chi connectivity index (χ3v) is 29.1. The molecule has 150 heavy (non-hydrogen) atoms. The summed E-state index contributed by atoms with van der Waals surface area (Å²) in [6, 6.07) is 192. The summed E-state index contributed by atoms with van der Waals surface area (Å²) in [4.78, 5) is 31.6. The van der Waals surface area contributed by atoms with Gasteiger partial charge in [-0.2, -0.15) is 0 Å². The Bertz CT molecular complexity index is 9320. The zero-order valence-electron chi connectivity index (χ0n) is 81.3. The van der Waals surface area contributed by atoms with Gasteiger partial charge >= 0.3 is 0 Å². The van der Waals surface area contributed by atoms with Crippen molar-refractivity contribution in [2.24, 2.45) is 0 Å². The molecule has 30 aromatic rings. The van der Waals surface area contributed by atoms with Crippen LogP contribution in [0.15, 0.2) is 546 Å². The molecule has 702 valence electrons. The lowest BCUT2D eigenvalue weighted by Crippen LogP contribution is -2.02. The zero-order chi connectivity index (χ0) is 99.1. The number of nitrogens with zero attached hydrogens (tertiary/aromatic N) is 12. The van der Waals surface area contributed by atoms with Crippen molar-refractivity contribution >= 4 is 131 Å². The van der Waals surface area contributed by atoms with Gasteiger partial charge in [0.15, 0.2) is 5.82 Å². The van der Waals surface area contributed by atoms with Crippen molar-refractivity contribution < 1.29 is 0 Å². The van der Waals surface area contributed by atoms with Gasteiger partial charge in [-0.1, -0.05) is 382 Å². The van der Waals surface area contributed by atoms with E-state index in [1.165, 1.54) is 114 Å². The van der Waals surface area contributed by atoms with E-state index in [4.69, 9.17) is 29.9 Å². The summed E-state index contributed by atoms with van der Waals surface area (Å²) in [6.45, 7) is 0. The van der Waals surface area contributed by atoms with E-state index < -0.39 is 0 Å². The Kier molecular flexibility index (Phi) is 21.6. The van der Waals surface area contributed by atoms with Crippen molar-refractivity contribution in [3.05, 3.63) is 546 Å². The van der Waals surface area contributed by atoms with Gasteiger partial charge in [-0.25, -0.2) is 29.9 Å². The number of hydrogen-bond acceptors (Lipinski definition) is 6. The molecular weight excluding hydrogens is 1830 g/mol. The Morgan fingerprint density at radius 2 is 0.373 bits per heavy atom. The van der Waals surface area contributed by atoms with E-state index in [0.717, 1.165) is 141 Å². The molecule has 0 saturated carbocycles. The van der Waals surface area contributed by atoms with Crippen LogP contribution < -0.4 is 0 Å². The fourth-order valence-corrected chi connectivity index (χ4v) is 22.5. The molecule has 0 bridgehead atoms. The molecule has 12 heteroatoms. The second-order valence-corrected chi connectivity index (χ2v) is 37.9. The van der Waals surface area contributed by atoms with Gasteiger partial charge in [-0.15, -0.1) is 0 Å². The van der Waals surface area contributed by atoms with Gasteiger partial charge in [-0.3, -0.25) is 13.7 Å². The van der Waals surface area contributed by atoms with Gasteiger partial charge in [0, 0.05) is 104 Å². The number of fused-ring (bicyclic) bond motifs is 21. The van der Waals surface area contributed by atoms with Crippen molar-refractivity contribution in [3.8, 4) is 136 Å². The van der Waals surface area contributed by atoms with Crippen LogP contribution in [0, 0.1) is 0 Å². The summed E-state index contributed by atoms with van der Waals surface area (Å²) in [7, 11) is 0. The fourth-order valence-electron chi connectivity index (χ4n) is 22.5. The van der Waals surface area contributed by atoms with Gasteiger partial charge in [0.2, 0.25) is 0 Å². The Balaban J connectivity index is 0.000000108. The summed E-state index contributed by atoms with van der Waals surface area (Å²) in [5.41, 5.74) is 34.3. The molecule has 0 aliphatic carbocycles. The van der Waals surface area contributed by atoms with Crippen LogP contribution >= 0.6 is 0 Å². The summed E-state index contributed by atoms with van der Waals surface area (Å²) in [5.74, 6) is 3.14. The molecule has 12 nitrogen and oxygen atoms in total. The molecule has 0 atom stereocenters. The maximum absolute atomic E-state index is 5.46. The number of para-hydroxylation sites is 9. The van der Waals surface area contributed by atoms with E-state index in [9.17, 15) is 0 Å². The summed E-state index contributed by atoms with van der Waals surface area (Å²) in [5, 5.41) is 14.5. The van der Waals surface area contributed by atoms with Crippen LogP contribution in [0.5, 0.6) is 0 Å². The van der Waals surface area contributed by atoms with E-state index in [2.05, 4.69) is 525 Å². The average molecular weight is 1920 g/mol. The lowest BCUT2D eigenvalue weighted by atomic mass is 9.95. The van der Waals surface area contributed by atoms with Gasteiger partial charge in [0.1, 0.15) is 23.1 Å². The Morgan fingerprint density at radius 3 is 0.720 bits per heavy atom. The van der Waals surface area contributed by atoms with E-state index in [1.54, 1.807) is 0 Å². The highest BCUT2D eigenvalue weighted by atomic mass is 15.1. The first kappa shape index (κ1) is 87.5. The highest BCUT2D eigenvalue weighted by molar-refractivity contribution is 6.29. The Hall–Kier alpha value is -20.3. The number of rotatable bonds is 15. The summed E-state index contributed by atoms with van der Waals surface area (Å²) >= 11 is 0. The second-order valence-electron chi connectivity index (χ2n) is 37.9. The van der Waals surface area contributed by atoms with Crippen LogP contribution in [-0.4, -0.2) is 57.3 Å². The van der Waals surface area contributed by atoms with Crippen LogP contribution in [0.1, 0.15) is 0 Å². The minimum absolute atomic E-state index is 0.582. The van der Waals surface area contributed by atoms with Crippen molar-refractivity contribution in [1.29, 1.82) is 0 Å². The summed E-state index contributed by atoms with van der Waals surface area (Å²) < 4.78 is 14.2. The SMILES string of the molecule is c1ccc(-c2cc(-c3ccccc3)cc(-c3cccc(-n4c5ccccc5c5ccc6c(c7ccccc7n6-c6ccccc6)c54)n3)c2)cc1.c1ccc(-c2cc(-c3ccccc3)nc(-c3cccc(-n4c5ccccc5c5ccc6c(c7ccccc7n6-c6ccccc6)c54)n3)c2)cc1.c1ccc(-c2cc(-c3ccccc3)nc(-c3cccc(-n4c5ccccc5c5ccc6c(c7ccccc7n6-c6ccccc6)c54)n3)n2)cc1. The largest absolute Gasteiger partial charge is 0.309 e. The minimum atomic E-state index is 0.582. The topological polar surface area (TPSA) is 107 Å². The third-order valence-electron chi connectivity index (χ3n) is 29.1. The zero-order valence-corrected chi connectivity index (χ0v) is 81.3. The van der Waals surface area contributed by atoms with Gasteiger partial charge in [-0.05, 0) is 197 Å². The van der Waals surface area contributed by atoms with Crippen LogP contribution in [-0.2, 0) is 0 Å². The molecular formula is C138H90N12. The van der Waals surface area contributed by atoms with Gasteiger partial charge in [0.25, 0.3) is 0 Å². The monoisotopic (exact) mass is 1910 g/mol. The van der Waals surface area contributed by atoms with E-state index in [-0.39, 0.29) is 0 Å². The molecule has 0 aliphatic rings. The lowest BCUT2D eigenvalue weighted by molar-refractivity contribution is 1.06. The quantitative estimate of drug-likeness (QED) is 0.101. The molecule has 0 spiro atoms. The van der Waals surface area contributed by atoms with Crippen molar-refractivity contribution in [1.82, 2.24) is 57.3 Å². The van der Waals surface area contributed by atoms with E-state index >= 15 is 0 Å². The molecule has 0 aliphatic heterocycles. The Labute approximate surface area is 863 Å². The predicted octanol–water partition coefficient (Wildman–Crippen LogP) is 35.0. The maximum Gasteiger partial charge on any atom is 0.179 e. The average Bonchev–Trinajstić information content (AvgIpc) is 1.55. The molecule has 19 aromatic carbocycles. The number of benzene rings is 19. The number of aromatic nitrogens is 12. The van der Waals surface area contributed by atoms with E-state index in [0.29, 0.717) is 11.5 Å². The third kappa shape index (κ3) is 15.2. The van der Waals surface area contributed by atoms with Crippen LogP contribution in [0.4, 0.5) is 0 Å². The molecule has 0 amide bonds. The molecule has 0 fully saturated rings. The van der Waals surface area contributed by atoms with Crippen molar-refractivity contribution in [2.45, 2.75) is 0 Å². The van der Waals surface area contributed by atoms with Crippen LogP contribution in [0.25, 0.3) is 267 Å². The molecule has 11 heterocycles. The van der Waals surface area contributed by atoms with Crippen molar-refractivity contribution in [3.63, 3.8) is 0 Å². The first-order chi connectivity index (χ1) is 74.4. The standard InChI is InChI=1S/C47H31N3.C46H30N4.C45H29N5/c1-4-15-32(16-5-1)34-29-35(33-17-6-2-7-18-33)31-36(30-34)41-23-14-26-45(48-41)50-42-24-12-10-21-38(42)39-27-28-44-46(47(39)50)40-22-11-13-25-43(40)49(44)37-19-8-3-9-20-37;1-4-15-31(16-5-1)33-29-39(32-17-6-2-7-18-32)47-40(30-33)38-23-14-26-44(48-38)50-41-24-12-10-21-35(41)36-27-28-43-45(46(36)50)37-22-11-13-25-42(37)49(43)34-19-8-3-9-20-34;1-4-15-30(16-5-1)37-29-38(31-17-6-2-7-18-31)48-45(47-37)36-23-14-26-42(46-36)50-39-24-12-10-21-33(39)34-27-28-41-43(44(34)50)35-22-11-13-25-40(35)49(41)32-19-8-3-9-20-32/h1-31H;1-30H;1-29H. The summed E-state index contributed by atoms with van der Waals surface area (Å²) in [6.07, 6.45) is 0. The van der Waals surface area contributed by atoms with E-state index in [1.807, 2.05) is 48.5 Å². The Morgan fingerprint density at radius 1 is 0.120 bits per heavy atom. The molecule has 0 saturated heterocycles. The van der Waals surface area contributed by atoms with Crippen LogP contribution in [0.3, 0.4) is 0 Å². The molecule has 11 aromatic heterocycles. The normalized spacial score (nSPS) is 11.6. The number of pyridine rings is 4. The molecule has 30 rings (SSSR count). The number of hydrogen-bond donors (Lipinski definition) is 0. The highest BCUT2D eigenvalue weighted by Gasteiger charge is 2.28. The fraction of sp³-hybridized carbons (Fsp3) is 0.